The predicted molar refractivity (Wildman–Crippen MR) is 40.2 cm³/mol. The zero-order valence-electron chi connectivity index (χ0n) is 6.84. The van der Waals surface area contributed by atoms with Gasteiger partial charge in [-0.15, -0.1) is 0 Å². The van der Waals surface area contributed by atoms with Crippen molar-refractivity contribution in [2.24, 2.45) is 5.92 Å². The molecule has 1 aliphatic rings. The van der Waals surface area contributed by atoms with Crippen molar-refractivity contribution in [3.05, 3.63) is 0 Å². The summed E-state index contributed by atoms with van der Waals surface area (Å²) in [5, 5.41) is 0. The Morgan fingerprint density at radius 2 is 2.36 bits per heavy atom. The molecule has 0 saturated carbocycles. The molecular weight excluding hydrogens is 144 g/mol. The molecule has 3 heteroatoms. The Bertz CT molecular complexity index is 125. The van der Waals surface area contributed by atoms with Crippen molar-refractivity contribution in [2.45, 2.75) is 19.3 Å². The molecule has 0 bridgehead atoms. The number of esters is 1. The second-order valence-corrected chi connectivity index (χ2v) is 2.79. The zero-order valence-corrected chi connectivity index (χ0v) is 6.84. The lowest BCUT2D eigenvalue weighted by atomic mass is 10.0. The third-order valence-corrected chi connectivity index (χ3v) is 1.94. The van der Waals surface area contributed by atoms with E-state index in [1.165, 1.54) is 7.11 Å². The van der Waals surface area contributed by atoms with Crippen molar-refractivity contribution in [3.63, 3.8) is 0 Å². The van der Waals surface area contributed by atoms with Crippen molar-refractivity contribution in [1.29, 1.82) is 0 Å². The van der Waals surface area contributed by atoms with Gasteiger partial charge in [0.1, 0.15) is 0 Å². The fourth-order valence-electron chi connectivity index (χ4n) is 1.26. The van der Waals surface area contributed by atoms with Gasteiger partial charge in [0.05, 0.1) is 19.6 Å². The van der Waals surface area contributed by atoms with Gasteiger partial charge in [-0.3, -0.25) is 4.79 Å². The third-order valence-electron chi connectivity index (χ3n) is 1.94. The predicted octanol–water partition coefficient (Wildman–Crippen LogP) is 0.976. The fourth-order valence-corrected chi connectivity index (χ4v) is 1.26. The Balaban J connectivity index is 2.36. The van der Waals surface area contributed by atoms with Gasteiger partial charge in [0.25, 0.3) is 0 Å². The van der Waals surface area contributed by atoms with E-state index in [1.807, 2.05) is 0 Å². The van der Waals surface area contributed by atoms with Crippen LogP contribution < -0.4 is 0 Å². The summed E-state index contributed by atoms with van der Waals surface area (Å²) in [6.45, 7) is 1.32. The first-order valence-corrected chi connectivity index (χ1v) is 4.00. The van der Waals surface area contributed by atoms with Crippen molar-refractivity contribution in [3.8, 4) is 0 Å². The Hall–Kier alpha value is -0.570. The second kappa shape index (κ2) is 4.34. The van der Waals surface area contributed by atoms with Crippen LogP contribution in [0.2, 0.25) is 0 Å². The summed E-state index contributed by atoms with van der Waals surface area (Å²) < 4.78 is 9.86. The molecule has 0 N–H and O–H groups in total. The number of ether oxygens (including phenoxy) is 2. The Morgan fingerprint density at radius 3 is 3.09 bits per heavy atom. The lowest BCUT2D eigenvalue weighted by molar-refractivity contribution is -0.147. The quantitative estimate of drug-likeness (QED) is 0.533. The van der Waals surface area contributed by atoms with Crippen molar-refractivity contribution in [1.82, 2.24) is 0 Å². The van der Waals surface area contributed by atoms with Crippen LogP contribution >= 0.6 is 0 Å². The van der Waals surface area contributed by atoms with E-state index in [2.05, 4.69) is 4.74 Å². The van der Waals surface area contributed by atoms with Crippen LogP contribution in [-0.4, -0.2) is 26.3 Å². The van der Waals surface area contributed by atoms with E-state index in [-0.39, 0.29) is 11.9 Å². The minimum absolute atomic E-state index is 0.0255. The summed E-state index contributed by atoms with van der Waals surface area (Å²) in [6, 6.07) is 0. The van der Waals surface area contributed by atoms with Gasteiger partial charge < -0.3 is 9.47 Å². The molecule has 1 atom stereocenters. The van der Waals surface area contributed by atoms with Crippen molar-refractivity contribution >= 4 is 5.97 Å². The minimum atomic E-state index is -0.132. The topological polar surface area (TPSA) is 35.5 Å². The van der Waals surface area contributed by atoms with Gasteiger partial charge in [0.2, 0.25) is 0 Å². The SMILES string of the molecule is COC(=O)C1CCCCOC1. The van der Waals surface area contributed by atoms with Crippen LogP contribution in [0.3, 0.4) is 0 Å². The summed E-state index contributed by atoms with van der Waals surface area (Å²) >= 11 is 0. The third kappa shape index (κ3) is 2.50. The summed E-state index contributed by atoms with van der Waals surface area (Å²) in [6.07, 6.45) is 3.04. The molecule has 64 valence electrons. The van der Waals surface area contributed by atoms with Crippen LogP contribution in [0.25, 0.3) is 0 Å². The van der Waals surface area contributed by atoms with E-state index in [4.69, 9.17) is 4.74 Å². The van der Waals surface area contributed by atoms with E-state index in [9.17, 15) is 4.79 Å². The molecule has 0 aromatic carbocycles. The molecule has 1 aliphatic heterocycles. The number of methoxy groups -OCH3 is 1. The van der Waals surface area contributed by atoms with Gasteiger partial charge >= 0.3 is 5.97 Å². The average Bonchev–Trinajstić information content (AvgIpc) is 2.30. The highest BCUT2D eigenvalue weighted by atomic mass is 16.5. The highest BCUT2D eigenvalue weighted by Crippen LogP contribution is 2.14. The lowest BCUT2D eigenvalue weighted by Crippen LogP contribution is -2.19. The van der Waals surface area contributed by atoms with Gasteiger partial charge in [-0.25, -0.2) is 0 Å². The minimum Gasteiger partial charge on any atom is -0.469 e. The van der Waals surface area contributed by atoms with Crippen LogP contribution in [0.15, 0.2) is 0 Å². The van der Waals surface area contributed by atoms with Crippen LogP contribution in [-0.2, 0) is 14.3 Å². The maximum absolute atomic E-state index is 11.0. The Kier molecular flexibility index (Phi) is 3.36. The molecule has 11 heavy (non-hydrogen) atoms. The normalized spacial score (nSPS) is 25.7. The Labute approximate surface area is 66.7 Å². The van der Waals surface area contributed by atoms with E-state index < -0.39 is 0 Å². The molecule has 3 nitrogen and oxygen atoms in total. The number of carbonyl (C=O) groups is 1. The largest absolute Gasteiger partial charge is 0.469 e. The maximum Gasteiger partial charge on any atom is 0.311 e. The molecule has 0 aromatic heterocycles. The van der Waals surface area contributed by atoms with E-state index in [0.29, 0.717) is 6.61 Å². The standard InChI is InChI=1S/C8H14O3/c1-10-8(9)7-4-2-3-5-11-6-7/h7H,2-6H2,1H3. The van der Waals surface area contributed by atoms with Gasteiger partial charge in [0, 0.05) is 6.61 Å². The molecule has 0 aliphatic carbocycles. The van der Waals surface area contributed by atoms with Crippen molar-refractivity contribution < 1.29 is 14.3 Å². The van der Waals surface area contributed by atoms with E-state index >= 15 is 0 Å². The van der Waals surface area contributed by atoms with Crippen LogP contribution in [0.5, 0.6) is 0 Å². The average molecular weight is 158 g/mol. The summed E-state index contributed by atoms with van der Waals surface area (Å²) in [5.41, 5.74) is 0. The summed E-state index contributed by atoms with van der Waals surface area (Å²) in [4.78, 5) is 11.0. The monoisotopic (exact) mass is 158 g/mol. The number of rotatable bonds is 1. The van der Waals surface area contributed by atoms with Gasteiger partial charge in [-0.1, -0.05) is 6.42 Å². The smallest absolute Gasteiger partial charge is 0.311 e. The number of hydrogen-bond acceptors (Lipinski definition) is 3. The summed E-state index contributed by atoms with van der Waals surface area (Å²) in [7, 11) is 1.42. The molecule has 0 radical (unpaired) electrons. The fraction of sp³-hybridized carbons (Fsp3) is 0.875. The van der Waals surface area contributed by atoms with Crippen molar-refractivity contribution in [2.75, 3.05) is 20.3 Å². The number of carbonyl (C=O) groups excluding carboxylic acids is 1. The zero-order chi connectivity index (χ0) is 8.10. The number of hydrogen-bond donors (Lipinski definition) is 0. The van der Waals surface area contributed by atoms with Crippen LogP contribution in [0.1, 0.15) is 19.3 Å². The Morgan fingerprint density at radius 1 is 1.55 bits per heavy atom. The molecule has 0 spiro atoms. The van der Waals surface area contributed by atoms with Crippen LogP contribution in [0, 0.1) is 5.92 Å². The summed E-state index contributed by atoms with van der Waals surface area (Å²) in [5.74, 6) is -0.158. The van der Waals surface area contributed by atoms with Gasteiger partial charge in [-0.05, 0) is 12.8 Å². The first-order chi connectivity index (χ1) is 5.34. The molecule has 1 unspecified atom stereocenters. The molecule has 1 saturated heterocycles. The molecule has 0 aromatic rings. The first kappa shape index (κ1) is 8.53. The molecule has 0 amide bonds. The maximum atomic E-state index is 11.0. The van der Waals surface area contributed by atoms with Gasteiger partial charge in [0.15, 0.2) is 0 Å². The first-order valence-electron chi connectivity index (χ1n) is 4.00. The van der Waals surface area contributed by atoms with E-state index in [1.54, 1.807) is 0 Å². The van der Waals surface area contributed by atoms with E-state index in [0.717, 1.165) is 25.9 Å². The van der Waals surface area contributed by atoms with Crippen LogP contribution in [0.4, 0.5) is 0 Å². The highest BCUT2D eigenvalue weighted by molar-refractivity contribution is 5.72. The lowest BCUT2D eigenvalue weighted by Gasteiger charge is -2.09. The molecule has 1 heterocycles. The second-order valence-electron chi connectivity index (χ2n) is 2.79. The highest BCUT2D eigenvalue weighted by Gasteiger charge is 2.20. The molecule has 1 fully saturated rings. The molecule has 1 rings (SSSR count). The molecular formula is C8H14O3. The van der Waals surface area contributed by atoms with Gasteiger partial charge in [-0.2, -0.15) is 0 Å².